The molecule has 17 heavy (non-hydrogen) atoms. The molecule has 1 aromatic rings. The van der Waals surface area contributed by atoms with E-state index < -0.39 is 0 Å². The van der Waals surface area contributed by atoms with Crippen LogP contribution in [0.2, 0.25) is 0 Å². The second kappa shape index (κ2) is 4.76. The van der Waals surface area contributed by atoms with Gasteiger partial charge in [0.15, 0.2) is 0 Å². The lowest BCUT2D eigenvalue weighted by molar-refractivity contribution is 0.0566. The molecule has 1 aliphatic rings. The third-order valence-corrected chi connectivity index (χ3v) is 3.99. The van der Waals surface area contributed by atoms with Gasteiger partial charge >= 0.3 is 0 Å². The summed E-state index contributed by atoms with van der Waals surface area (Å²) in [6, 6.07) is 7.01. The fourth-order valence-electron chi connectivity index (χ4n) is 2.05. The molecule has 0 aliphatic carbocycles. The van der Waals surface area contributed by atoms with Crippen molar-refractivity contribution in [3.05, 3.63) is 35.4 Å². The molecule has 1 heterocycles. The van der Waals surface area contributed by atoms with Gasteiger partial charge in [-0.15, -0.1) is 0 Å². The van der Waals surface area contributed by atoms with Crippen LogP contribution in [0, 0.1) is 5.92 Å². The van der Waals surface area contributed by atoms with Crippen molar-refractivity contribution in [3.63, 3.8) is 0 Å². The molecule has 4 heteroatoms. The number of carbonyl (C=O) groups excluding carboxylic acids is 2. The summed E-state index contributed by atoms with van der Waals surface area (Å²) in [5.41, 5.74) is 1.07. The summed E-state index contributed by atoms with van der Waals surface area (Å²) in [5, 5.41) is 0. The zero-order valence-corrected chi connectivity index (χ0v) is 12.0. The number of rotatable bonds is 3. The molecule has 0 saturated carbocycles. The highest BCUT2D eigenvalue weighted by atomic mass is 127. The van der Waals surface area contributed by atoms with Crippen LogP contribution in [-0.2, 0) is 0 Å². The molecule has 2 amide bonds. The monoisotopic (exact) mass is 343 g/mol. The van der Waals surface area contributed by atoms with Gasteiger partial charge in [-0.05, 0) is 18.1 Å². The second-order valence-electron chi connectivity index (χ2n) is 4.49. The van der Waals surface area contributed by atoms with Gasteiger partial charge in [-0.2, -0.15) is 0 Å². The summed E-state index contributed by atoms with van der Waals surface area (Å²) in [6.45, 7) is 4.07. The Morgan fingerprint density at radius 2 is 1.59 bits per heavy atom. The van der Waals surface area contributed by atoms with Gasteiger partial charge in [0, 0.05) is 4.43 Å². The predicted molar refractivity (Wildman–Crippen MR) is 74.5 cm³/mol. The SMILES string of the molecule is CC(C)C(CI)N1C(=O)c2ccccc2C1=O. The number of halogens is 1. The van der Waals surface area contributed by atoms with Gasteiger partial charge in [-0.25, -0.2) is 0 Å². The van der Waals surface area contributed by atoms with Crippen molar-refractivity contribution < 1.29 is 9.59 Å². The van der Waals surface area contributed by atoms with E-state index in [4.69, 9.17) is 0 Å². The summed E-state index contributed by atoms with van der Waals surface area (Å²) in [4.78, 5) is 25.8. The number of alkyl halides is 1. The van der Waals surface area contributed by atoms with Gasteiger partial charge in [0.2, 0.25) is 0 Å². The Kier molecular flexibility index (Phi) is 3.51. The van der Waals surface area contributed by atoms with Crippen molar-refractivity contribution in [2.75, 3.05) is 4.43 Å². The zero-order valence-electron chi connectivity index (χ0n) is 9.81. The minimum absolute atomic E-state index is 0.0250. The smallest absolute Gasteiger partial charge is 0.261 e. The van der Waals surface area contributed by atoms with Crippen LogP contribution in [0.15, 0.2) is 24.3 Å². The third kappa shape index (κ3) is 1.99. The normalized spacial score (nSPS) is 16.6. The van der Waals surface area contributed by atoms with E-state index in [1.807, 2.05) is 13.8 Å². The average molecular weight is 343 g/mol. The van der Waals surface area contributed by atoms with Crippen molar-refractivity contribution in [1.82, 2.24) is 4.90 Å². The molecule has 2 rings (SSSR count). The Hall–Kier alpha value is -0.910. The van der Waals surface area contributed by atoms with Crippen LogP contribution in [0.3, 0.4) is 0 Å². The molecule has 1 atom stereocenters. The van der Waals surface area contributed by atoms with E-state index in [1.165, 1.54) is 4.90 Å². The number of fused-ring (bicyclic) bond motifs is 1. The highest BCUT2D eigenvalue weighted by molar-refractivity contribution is 14.1. The summed E-state index contributed by atoms with van der Waals surface area (Å²) < 4.78 is 0.765. The molecule has 0 spiro atoms. The molecular formula is C13H14INO2. The van der Waals surface area contributed by atoms with E-state index in [0.717, 1.165) is 4.43 Å². The maximum absolute atomic E-state index is 12.2. The lowest BCUT2D eigenvalue weighted by Gasteiger charge is -2.27. The van der Waals surface area contributed by atoms with E-state index in [1.54, 1.807) is 24.3 Å². The van der Waals surface area contributed by atoms with E-state index in [2.05, 4.69) is 22.6 Å². The van der Waals surface area contributed by atoms with E-state index in [-0.39, 0.29) is 23.8 Å². The molecular weight excluding hydrogens is 329 g/mol. The van der Waals surface area contributed by atoms with Crippen LogP contribution in [0.1, 0.15) is 34.6 Å². The molecule has 0 N–H and O–H groups in total. The fourth-order valence-corrected chi connectivity index (χ4v) is 3.47. The molecule has 0 aromatic heterocycles. The maximum Gasteiger partial charge on any atom is 0.261 e. The van der Waals surface area contributed by atoms with Gasteiger partial charge in [-0.1, -0.05) is 48.6 Å². The Labute approximate surface area is 114 Å². The first-order valence-corrected chi connectivity index (χ1v) is 7.13. The molecule has 3 nitrogen and oxygen atoms in total. The highest BCUT2D eigenvalue weighted by Crippen LogP contribution is 2.27. The number of hydrogen-bond acceptors (Lipinski definition) is 2. The fraction of sp³-hybridized carbons (Fsp3) is 0.385. The van der Waals surface area contributed by atoms with Crippen LogP contribution in [-0.4, -0.2) is 27.2 Å². The van der Waals surface area contributed by atoms with Gasteiger partial charge < -0.3 is 0 Å². The van der Waals surface area contributed by atoms with Gasteiger partial charge in [0.05, 0.1) is 17.2 Å². The third-order valence-electron chi connectivity index (χ3n) is 3.08. The average Bonchev–Trinajstić information content (AvgIpc) is 2.56. The van der Waals surface area contributed by atoms with E-state index in [0.29, 0.717) is 11.1 Å². The minimum Gasteiger partial charge on any atom is -0.270 e. The predicted octanol–water partition coefficient (Wildman–Crippen LogP) is 2.74. The quantitative estimate of drug-likeness (QED) is 0.481. The first kappa shape index (κ1) is 12.5. The largest absolute Gasteiger partial charge is 0.270 e. The molecule has 1 aromatic carbocycles. The van der Waals surface area contributed by atoms with Crippen molar-refractivity contribution in [2.24, 2.45) is 5.92 Å². The van der Waals surface area contributed by atoms with Crippen molar-refractivity contribution in [3.8, 4) is 0 Å². The van der Waals surface area contributed by atoms with Crippen LogP contribution in [0.4, 0.5) is 0 Å². The number of hydrogen-bond donors (Lipinski definition) is 0. The molecule has 0 bridgehead atoms. The summed E-state index contributed by atoms with van der Waals surface area (Å²) >= 11 is 2.23. The zero-order chi connectivity index (χ0) is 12.6. The van der Waals surface area contributed by atoms with Gasteiger partial charge in [0.1, 0.15) is 0 Å². The number of carbonyl (C=O) groups is 2. The number of imide groups is 1. The maximum atomic E-state index is 12.2. The number of amides is 2. The number of benzene rings is 1. The van der Waals surface area contributed by atoms with Gasteiger partial charge in [-0.3, -0.25) is 14.5 Å². The Bertz CT molecular complexity index is 435. The summed E-state index contributed by atoms with van der Waals surface area (Å²) in [5.74, 6) is -0.0314. The lowest BCUT2D eigenvalue weighted by atomic mass is 10.1. The Morgan fingerprint density at radius 1 is 1.12 bits per heavy atom. The molecule has 0 radical (unpaired) electrons. The van der Waals surface area contributed by atoms with Crippen molar-refractivity contribution >= 4 is 34.4 Å². The van der Waals surface area contributed by atoms with Crippen LogP contribution in [0.25, 0.3) is 0 Å². The minimum atomic E-state index is -0.152. The first-order valence-electron chi connectivity index (χ1n) is 5.60. The Morgan fingerprint density at radius 3 is 1.94 bits per heavy atom. The van der Waals surface area contributed by atoms with Crippen LogP contribution in [0.5, 0.6) is 0 Å². The Balaban J connectivity index is 2.42. The summed E-state index contributed by atoms with van der Waals surface area (Å²) in [7, 11) is 0. The van der Waals surface area contributed by atoms with Gasteiger partial charge in [0.25, 0.3) is 11.8 Å². The van der Waals surface area contributed by atoms with Crippen molar-refractivity contribution in [2.45, 2.75) is 19.9 Å². The first-order chi connectivity index (χ1) is 8.07. The molecule has 1 unspecified atom stereocenters. The lowest BCUT2D eigenvalue weighted by Crippen LogP contribution is -2.44. The second-order valence-corrected chi connectivity index (χ2v) is 5.37. The van der Waals surface area contributed by atoms with E-state index >= 15 is 0 Å². The molecule has 0 fully saturated rings. The molecule has 0 saturated heterocycles. The molecule has 90 valence electrons. The molecule has 1 aliphatic heterocycles. The van der Waals surface area contributed by atoms with Crippen LogP contribution < -0.4 is 0 Å². The van der Waals surface area contributed by atoms with E-state index in [9.17, 15) is 9.59 Å². The highest BCUT2D eigenvalue weighted by Gasteiger charge is 2.40. The number of nitrogens with zero attached hydrogens (tertiary/aromatic N) is 1. The summed E-state index contributed by atoms with van der Waals surface area (Å²) in [6.07, 6.45) is 0. The standard InChI is InChI=1S/C13H14INO2/c1-8(2)11(7-14)15-12(16)9-5-3-4-6-10(9)13(15)17/h3-6,8,11H,7H2,1-2H3. The van der Waals surface area contributed by atoms with Crippen LogP contribution >= 0.6 is 22.6 Å². The topological polar surface area (TPSA) is 37.4 Å². The van der Waals surface area contributed by atoms with Crippen molar-refractivity contribution in [1.29, 1.82) is 0 Å².